The van der Waals surface area contributed by atoms with Crippen LogP contribution in [0.25, 0.3) is 0 Å². The highest BCUT2D eigenvalue weighted by atomic mass is 35.5. The van der Waals surface area contributed by atoms with E-state index in [1.54, 1.807) is 12.1 Å². The molecule has 7 heteroatoms. The number of piperidine rings is 1. The molecule has 0 unspecified atom stereocenters. The van der Waals surface area contributed by atoms with E-state index in [-0.39, 0.29) is 29.1 Å². The van der Waals surface area contributed by atoms with Gasteiger partial charge in [-0.05, 0) is 103 Å². The summed E-state index contributed by atoms with van der Waals surface area (Å²) in [4.78, 5) is 15.3. The predicted molar refractivity (Wildman–Crippen MR) is 132 cm³/mol. The van der Waals surface area contributed by atoms with Crippen molar-refractivity contribution in [3.8, 4) is 5.75 Å². The highest BCUT2D eigenvalue weighted by Crippen LogP contribution is 2.49. The van der Waals surface area contributed by atoms with Crippen molar-refractivity contribution in [2.75, 3.05) is 19.7 Å². The molecule has 1 amide bonds. The average molecular weight is 494 g/mol. The van der Waals surface area contributed by atoms with Crippen LogP contribution in [0.4, 0.5) is 0 Å². The van der Waals surface area contributed by atoms with E-state index in [2.05, 4.69) is 6.92 Å². The van der Waals surface area contributed by atoms with Crippen molar-refractivity contribution >= 4 is 17.5 Å². The summed E-state index contributed by atoms with van der Waals surface area (Å²) in [6.45, 7) is 13.4. The first-order chi connectivity index (χ1) is 15.7. The summed E-state index contributed by atoms with van der Waals surface area (Å²) in [7, 11) is 0. The summed E-state index contributed by atoms with van der Waals surface area (Å²) in [5.74, 6) is 0.652. The van der Waals surface area contributed by atoms with Gasteiger partial charge in [0.15, 0.2) is 5.60 Å². The van der Waals surface area contributed by atoms with E-state index in [9.17, 15) is 9.90 Å². The Morgan fingerprint density at radius 2 is 1.88 bits per heavy atom. The Labute approximate surface area is 208 Å². The molecule has 3 heterocycles. The van der Waals surface area contributed by atoms with Crippen molar-refractivity contribution in [2.45, 2.75) is 103 Å². The normalized spacial score (nSPS) is 29.6. The van der Waals surface area contributed by atoms with Crippen LogP contribution >= 0.6 is 11.6 Å². The number of aliphatic hydroxyl groups is 1. The quantitative estimate of drug-likeness (QED) is 0.631. The number of carbonyl (C=O) groups is 1. The fourth-order valence-electron chi connectivity index (χ4n) is 5.71. The molecule has 3 saturated heterocycles. The lowest BCUT2D eigenvalue weighted by molar-refractivity contribution is -0.155. The largest absolute Gasteiger partial charge is 0.478 e. The fraction of sp³-hybridized carbons (Fsp3) is 0.741. The third kappa shape index (κ3) is 5.11. The summed E-state index contributed by atoms with van der Waals surface area (Å²) in [6.07, 6.45) is 4.36. The number of rotatable bonds is 5. The van der Waals surface area contributed by atoms with Gasteiger partial charge in [-0.15, -0.1) is 0 Å². The van der Waals surface area contributed by atoms with E-state index in [0.29, 0.717) is 30.5 Å². The van der Waals surface area contributed by atoms with Crippen LogP contribution in [0.2, 0.25) is 5.02 Å². The van der Waals surface area contributed by atoms with Crippen molar-refractivity contribution in [3.05, 3.63) is 28.8 Å². The summed E-state index contributed by atoms with van der Waals surface area (Å²) in [5, 5.41) is 11.1. The van der Waals surface area contributed by atoms with Gasteiger partial charge in [-0.2, -0.15) is 0 Å². The smallest absolute Gasteiger partial charge is 0.266 e. The summed E-state index contributed by atoms with van der Waals surface area (Å²) in [6, 6.07) is 5.47. The number of aryl methyl sites for hydroxylation is 1. The number of nitrogens with zero attached hydrogens (tertiary/aromatic N) is 1. The Morgan fingerprint density at radius 3 is 2.47 bits per heavy atom. The van der Waals surface area contributed by atoms with E-state index < -0.39 is 11.2 Å². The second-order valence-electron chi connectivity index (χ2n) is 11.9. The van der Waals surface area contributed by atoms with Gasteiger partial charge in [-0.3, -0.25) is 4.79 Å². The molecule has 0 radical (unpaired) electrons. The molecule has 1 aromatic carbocycles. The summed E-state index contributed by atoms with van der Waals surface area (Å²) in [5.41, 5.74) is -1.17. The first kappa shape index (κ1) is 25.7. The summed E-state index contributed by atoms with van der Waals surface area (Å²) >= 11 is 6.12. The van der Waals surface area contributed by atoms with Crippen molar-refractivity contribution in [1.29, 1.82) is 0 Å². The molecule has 1 aromatic rings. The Balaban J connectivity index is 1.34. The van der Waals surface area contributed by atoms with Crippen LogP contribution in [0.5, 0.6) is 5.75 Å². The van der Waals surface area contributed by atoms with Gasteiger partial charge in [0.2, 0.25) is 0 Å². The minimum Gasteiger partial charge on any atom is -0.478 e. The van der Waals surface area contributed by atoms with Crippen molar-refractivity contribution < 1.29 is 24.1 Å². The number of carbonyl (C=O) groups excluding carboxylic acids is 1. The molecule has 3 atom stereocenters. The van der Waals surface area contributed by atoms with E-state index in [4.69, 9.17) is 25.8 Å². The van der Waals surface area contributed by atoms with E-state index in [0.717, 1.165) is 37.7 Å². The SMILES string of the molecule is Cc1cc(OC(C)(C)C(=O)N2CCC3(CC2)CO[C@H]([C@@]2(C)CC[C@@H](C(C)(C)O)O2)C3)ccc1Cl. The average Bonchev–Trinajstić information content (AvgIpc) is 3.36. The Bertz CT molecular complexity index is 918. The molecule has 0 bridgehead atoms. The lowest BCUT2D eigenvalue weighted by Gasteiger charge is -2.41. The molecule has 3 aliphatic rings. The van der Waals surface area contributed by atoms with Gasteiger partial charge >= 0.3 is 0 Å². The Morgan fingerprint density at radius 1 is 1.21 bits per heavy atom. The first-order valence-corrected chi connectivity index (χ1v) is 12.9. The number of benzene rings is 1. The van der Waals surface area contributed by atoms with Crippen LogP contribution in [0.3, 0.4) is 0 Å². The lowest BCUT2D eigenvalue weighted by Crippen LogP contribution is -2.53. The van der Waals surface area contributed by atoms with Gasteiger partial charge in [0.25, 0.3) is 5.91 Å². The first-order valence-electron chi connectivity index (χ1n) is 12.5. The molecule has 3 fully saturated rings. The molecule has 6 nitrogen and oxygen atoms in total. The minimum absolute atomic E-state index is 0.00419. The molecule has 1 N–H and O–H groups in total. The van der Waals surface area contributed by atoms with Gasteiger partial charge in [0.1, 0.15) is 5.75 Å². The van der Waals surface area contributed by atoms with Crippen molar-refractivity contribution in [1.82, 2.24) is 4.90 Å². The molecule has 4 rings (SSSR count). The van der Waals surface area contributed by atoms with E-state index in [1.165, 1.54) is 0 Å². The number of ether oxygens (including phenoxy) is 3. The zero-order valence-corrected chi connectivity index (χ0v) is 22.2. The zero-order valence-electron chi connectivity index (χ0n) is 21.4. The lowest BCUT2D eigenvalue weighted by atomic mass is 9.74. The van der Waals surface area contributed by atoms with E-state index >= 15 is 0 Å². The van der Waals surface area contributed by atoms with Crippen LogP contribution in [0.15, 0.2) is 18.2 Å². The van der Waals surface area contributed by atoms with Crippen molar-refractivity contribution in [3.63, 3.8) is 0 Å². The van der Waals surface area contributed by atoms with Crippen LogP contribution in [-0.4, -0.2) is 64.6 Å². The molecule has 0 aromatic heterocycles. The Kier molecular flexibility index (Phi) is 6.78. The number of hydrogen-bond acceptors (Lipinski definition) is 5. The molecule has 34 heavy (non-hydrogen) atoms. The highest BCUT2D eigenvalue weighted by Gasteiger charge is 2.54. The fourth-order valence-corrected chi connectivity index (χ4v) is 5.83. The van der Waals surface area contributed by atoms with Crippen molar-refractivity contribution in [2.24, 2.45) is 5.41 Å². The Hall–Kier alpha value is -1.34. The molecular weight excluding hydrogens is 454 g/mol. The monoisotopic (exact) mass is 493 g/mol. The predicted octanol–water partition coefficient (Wildman–Crippen LogP) is 4.91. The van der Waals surface area contributed by atoms with Gasteiger partial charge in [-0.1, -0.05) is 11.6 Å². The highest BCUT2D eigenvalue weighted by molar-refractivity contribution is 6.31. The molecule has 190 valence electrons. The van der Waals surface area contributed by atoms with Crippen LogP contribution in [0.1, 0.15) is 72.3 Å². The van der Waals surface area contributed by atoms with Crippen LogP contribution in [-0.2, 0) is 14.3 Å². The van der Waals surface area contributed by atoms with Crippen LogP contribution in [0, 0.1) is 12.3 Å². The third-order valence-corrected chi connectivity index (χ3v) is 8.55. The standard InChI is InChI=1S/C27H40ClNO5/c1-18-15-19(7-8-20(18)28)33-25(4,5)23(30)29-13-11-27(12-14-29)16-22(32-17-27)26(6)10-9-21(34-26)24(2,3)31/h7-8,15,21-22,31H,9-14,16-17H2,1-6H3/t21-,22-,26+/m0/s1. The molecule has 0 saturated carbocycles. The second-order valence-corrected chi connectivity index (χ2v) is 12.3. The molecule has 3 aliphatic heterocycles. The molecule has 1 spiro atoms. The molecule has 0 aliphatic carbocycles. The maximum Gasteiger partial charge on any atom is 0.266 e. The van der Waals surface area contributed by atoms with Gasteiger partial charge < -0.3 is 24.2 Å². The third-order valence-electron chi connectivity index (χ3n) is 8.12. The topological polar surface area (TPSA) is 68.2 Å². The van der Waals surface area contributed by atoms with Gasteiger partial charge in [-0.25, -0.2) is 0 Å². The van der Waals surface area contributed by atoms with Gasteiger partial charge in [0.05, 0.1) is 30.0 Å². The van der Waals surface area contributed by atoms with Crippen LogP contribution < -0.4 is 4.74 Å². The number of hydrogen-bond donors (Lipinski definition) is 1. The van der Waals surface area contributed by atoms with Gasteiger partial charge in [0, 0.05) is 18.1 Å². The molecular formula is C27H40ClNO5. The minimum atomic E-state index is -0.962. The number of halogens is 1. The maximum absolute atomic E-state index is 13.3. The zero-order chi connectivity index (χ0) is 24.9. The summed E-state index contributed by atoms with van der Waals surface area (Å²) < 4.78 is 18.7. The van der Waals surface area contributed by atoms with E-state index in [1.807, 2.05) is 45.6 Å². The number of amides is 1. The number of likely N-dealkylation sites (tertiary alicyclic amines) is 1. The maximum atomic E-state index is 13.3. The second kappa shape index (κ2) is 8.95.